The molecule has 15 atom stereocenters. The predicted octanol–water partition coefficient (Wildman–Crippen LogP) is -6.17. The van der Waals surface area contributed by atoms with Gasteiger partial charge < -0.3 is 75.0 Å². The standard InChI is InChI=1S/C21H33NO17/c1-4-8(25)11(28)15(17(35-4)19(33)34)38-20-7(22-5(2)24)14(9(26)6(3-23)36-20)37-21-13(30)10(27)12(29)16(39-21)18(31)32/h4,6-17,20-21,23,25-30H,3H2,1-2H3,(H,22,24)(H,31,32)(H,33,34)/t4-,6?,7?,8?,9+,10-,11+,12-,13?,14+,15-,16?,17?,20-,21+/m0/s1. The van der Waals surface area contributed by atoms with Crippen molar-refractivity contribution in [3.63, 3.8) is 0 Å². The second-order valence-corrected chi connectivity index (χ2v) is 9.46. The Morgan fingerprint density at radius 2 is 1.31 bits per heavy atom. The highest BCUT2D eigenvalue weighted by atomic mass is 16.7. The van der Waals surface area contributed by atoms with Crippen molar-refractivity contribution >= 4 is 17.8 Å². The summed E-state index contributed by atoms with van der Waals surface area (Å²) >= 11 is 0. The molecule has 18 nitrogen and oxygen atoms in total. The van der Waals surface area contributed by atoms with Crippen molar-refractivity contribution in [2.75, 3.05) is 6.61 Å². The third-order valence-corrected chi connectivity index (χ3v) is 6.69. The maximum absolute atomic E-state index is 12.0. The van der Waals surface area contributed by atoms with E-state index in [9.17, 15) is 60.3 Å². The number of ether oxygens (including phenoxy) is 5. The van der Waals surface area contributed by atoms with Crippen molar-refractivity contribution in [2.24, 2.45) is 0 Å². The van der Waals surface area contributed by atoms with Crippen LogP contribution in [0.2, 0.25) is 0 Å². The number of aliphatic carboxylic acids is 2. The molecule has 3 aliphatic rings. The number of hydrogen-bond acceptors (Lipinski definition) is 15. The largest absolute Gasteiger partial charge is 0.479 e. The molecule has 10 N–H and O–H groups in total. The van der Waals surface area contributed by atoms with E-state index in [2.05, 4.69) is 5.32 Å². The second-order valence-electron chi connectivity index (χ2n) is 9.46. The molecule has 224 valence electrons. The van der Waals surface area contributed by atoms with Crippen LogP contribution in [0.25, 0.3) is 0 Å². The van der Waals surface area contributed by atoms with Crippen LogP contribution in [0.5, 0.6) is 0 Å². The van der Waals surface area contributed by atoms with Gasteiger partial charge >= 0.3 is 11.9 Å². The highest BCUT2D eigenvalue weighted by Gasteiger charge is 2.55. The summed E-state index contributed by atoms with van der Waals surface area (Å²) in [6, 6.07) is -1.61. The predicted molar refractivity (Wildman–Crippen MR) is 117 cm³/mol. The van der Waals surface area contributed by atoms with Gasteiger partial charge in [-0.25, -0.2) is 9.59 Å². The Bertz CT molecular complexity index is 891. The molecule has 3 fully saturated rings. The first-order valence-corrected chi connectivity index (χ1v) is 11.9. The van der Waals surface area contributed by atoms with E-state index >= 15 is 0 Å². The minimum absolute atomic E-state index is 0.770. The number of carbonyl (C=O) groups excluding carboxylic acids is 1. The van der Waals surface area contributed by atoms with Gasteiger partial charge in [-0.1, -0.05) is 0 Å². The van der Waals surface area contributed by atoms with E-state index in [0.717, 1.165) is 6.92 Å². The fourth-order valence-corrected chi connectivity index (χ4v) is 4.60. The summed E-state index contributed by atoms with van der Waals surface area (Å²) in [4.78, 5) is 35.3. The molecule has 39 heavy (non-hydrogen) atoms. The smallest absolute Gasteiger partial charge is 0.335 e. The van der Waals surface area contributed by atoms with Crippen LogP contribution in [0, 0.1) is 0 Å². The Balaban J connectivity index is 1.94. The number of amides is 1. The number of carboxylic acids is 2. The minimum atomic E-state index is -2.07. The molecule has 3 heterocycles. The van der Waals surface area contributed by atoms with E-state index in [0.29, 0.717) is 0 Å². The van der Waals surface area contributed by atoms with Gasteiger partial charge in [0, 0.05) is 6.92 Å². The number of carbonyl (C=O) groups is 3. The highest BCUT2D eigenvalue weighted by Crippen LogP contribution is 2.32. The van der Waals surface area contributed by atoms with E-state index in [1.165, 1.54) is 6.92 Å². The van der Waals surface area contributed by atoms with Gasteiger partial charge in [0.25, 0.3) is 0 Å². The van der Waals surface area contributed by atoms with Crippen molar-refractivity contribution in [3.8, 4) is 0 Å². The molecule has 0 aromatic rings. The summed E-state index contributed by atoms with van der Waals surface area (Å²) in [5.74, 6) is -4.07. The Morgan fingerprint density at radius 1 is 0.718 bits per heavy atom. The lowest BCUT2D eigenvalue weighted by molar-refractivity contribution is -0.352. The van der Waals surface area contributed by atoms with Gasteiger partial charge in [0.05, 0.1) is 12.7 Å². The number of aliphatic hydroxyl groups excluding tert-OH is 7. The third kappa shape index (κ3) is 6.47. The van der Waals surface area contributed by atoms with Crippen molar-refractivity contribution in [3.05, 3.63) is 0 Å². The molecule has 0 aromatic carbocycles. The number of aliphatic hydroxyl groups is 7. The summed E-state index contributed by atoms with van der Waals surface area (Å²) in [6.07, 6.45) is -25.4. The third-order valence-electron chi connectivity index (χ3n) is 6.69. The molecule has 0 spiro atoms. The SMILES string of the molecule is CC(=O)NC1[C@H](O[C@@H]2C(C(=O)O)O[C@@H](C)C(O)[C@H]2O)OC(CO)[C@@H](O)[C@@H]1O[C@@H]1OC(C(=O)O)[C@@H](O)[C@H](O)C1O. The van der Waals surface area contributed by atoms with Crippen molar-refractivity contribution in [1.29, 1.82) is 0 Å². The summed E-state index contributed by atoms with van der Waals surface area (Å²) in [5, 5.41) is 92.9. The lowest BCUT2D eigenvalue weighted by Crippen LogP contribution is -2.70. The van der Waals surface area contributed by atoms with Crippen molar-refractivity contribution in [1.82, 2.24) is 5.32 Å². The van der Waals surface area contributed by atoms with Gasteiger partial charge in [0.15, 0.2) is 24.8 Å². The van der Waals surface area contributed by atoms with Crippen LogP contribution in [0.15, 0.2) is 0 Å². The van der Waals surface area contributed by atoms with Crippen molar-refractivity contribution < 1.29 is 84.0 Å². The molecule has 6 unspecified atom stereocenters. The molecule has 0 radical (unpaired) electrons. The van der Waals surface area contributed by atoms with E-state index in [4.69, 9.17) is 23.7 Å². The highest BCUT2D eigenvalue weighted by molar-refractivity contribution is 5.74. The molecule has 3 aliphatic heterocycles. The Kier molecular flexibility index (Phi) is 10.2. The van der Waals surface area contributed by atoms with Gasteiger partial charge in [-0.2, -0.15) is 0 Å². The summed E-state index contributed by atoms with van der Waals surface area (Å²) in [5.41, 5.74) is 0. The van der Waals surface area contributed by atoms with Crippen LogP contribution >= 0.6 is 0 Å². The Labute approximate surface area is 220 Å². The summed E-state index contributed by atoms with van der Waals surface area (Å²) < 4.78 is 27.0. The van der Waals surface area contributed by atoms with Crippen LogP contribution in [-0.4, -0.2) is 162 Å². The van der Waals surface area contributed by atoms with Gasteiger partial charge in [0.1, 0.15) is 61.0 Å². The van der Waals surface area contributed by atoms with Gasteiger partial charge in [-0.3, -0.25) is 4.79 Å². The van der Waals surface area contributed by atoms with Gasteiger partial charge in [-0.15, -0.1) is 0 Å². The van der Waals surface area contributed by atoms with E-state index in [1.54, 1.807) is 0 Å². The summed E-state index contributed by atoms with van der Waals surface area (Å²) in [7, 11) is 0. The fraction of sp³-hybridized carbons (Fsp3) is 0.857. The first-order chi connectivity index (χ1) is 18.2. The van der Waals surface area contributed by atoms with Gasteiger partial charge in [0.2, 0.25) is 5.91 Å². The molecule has 3 rings (SSSR count). The number of nitrogens with one attached hydrogen (secondary N) is 1. The van der Waals surface area contributed by atoms with E-state index < -0.39 is 116 Å². The molecule has 0 bridgehead atoms. The first-order valence-electron chi connectivity index (χ1n) is 11.9. The zero-order chi connectivity index (χ0) is 29.3. The van der Waals surface area contributed by atoms with Crippen LogP contribution in [-0.2, 0) is 38.1 Å². The molecule has 1 amide bonds. The zero-order valence-corrected chi connectivity index (χ0v) is 20.7. The average Bonchev–Trinajstić information content (AvgIpc) is 2.86. The first kappa shape index (κ1) is 31.5. The molecular formula is C21H33NO17. The second kappa shape index (κ2) is 12.6. The van der Waals surface area contributed by atoms with Gasteiger partial charge in [-0.05, 0) is 6.92 Å². The van der Waals surface area contributed by atoms with E-state index in [1.807, 2.05) is 0 Å². The van der Waals surface area contributed by atoms with Crippen LogP contribution < -0.4 is 5.32 Å². The monoisotopic (exact) mass is 571 g/mol. The lowest BCUT2D eigenvalue weighted by atomic mass is 9.93. The lowest BCUT2D eigenvalue weighted by Gasteiger charge is -2.49. The van der Waals surface area contributed by atoms with E-state index in [-0.39, 0.29) is 0 Å². The Hall–Kier alpha value is -2.07. The molecule has 0 aliphatic carbocycles. The molecule has 0 saturated carbocycles. The maximum atomic E-state index is 12.0. The number of carboxylic acid groups (broad SMARTS) is 2. The minimum Gasteiger partial charge on any atom is -0.479 e. The number of rotatable bonds is 8. The zero-order valence-electron chi connectivity index (χ0n) is 20.7. The quantitative estimate of drug-likeness (QED) is 0.130. The normalized spacial score (nSPS) is 46.8. The molecular weight excluding hydrogens is 538 g/mol. The van der Waals surface area contributed by atoms with Crippen LogP contribution in [0.3, 0.4) is 0 Å². The van der Waals surface area contributed by atoms with Crippen LogP contribution in [0.1, 0.15) is 13.8 Å². The topological polar surface area (TPSA) is 291 Å². The molecule has 18 heteroatoms. The molecule has 3 saturated heterocycles. The fourth-order valence-electron chi connectivity index (χ4n) is 4.60. The summed E-state index contributed by atoms with van der Waals surface area (Å²) in [6.45, 7) is 1.45. The van der Waals surface area contributed by atoms with Crippen molar-refractivity contribution in [2.45, 2.75) is 106 Å². The Morgan fingerprint density at radius 3 is 1.85 bits per heavy atom. The number of hydrogen-bond donors (Lipinski definition) is 10. The average molecular weight is 571 g/mol. The molecule has 0 aromatic heterocycles. The van der Waals surface area contributed by atoms with Crippen LogP contribution in [0.4, 0.5) is 0 Å². The maximum Gasteiger partial charge on any atom is 0.335 e.